The molecule has 0 saturated heterocycles. The second-order valence-electron chi connectivity index (χ2n) is 5.30. The molecule has 0 unspecified atom stereocenters. The SMILES string of the molecule is O=C(OCc1cn2ccccc2n1)c1cn[nH]c1-c1ccccc1. The molecule has 24 heavy (non-hydrogen) atoms. The van der Waals surface area contributed by atoms with Gasteiger partial charge in [-0.3, -0.25) is 5.10 Å². The summed E-state index contributed by atoms with van der Waals surface area (Å²) in [6.07, 6.45) is 5.22. The standard InChI is InChI=1S/C18H14N4O2/c23-18(15-10-19-21-17(15)13-6-2-1-3-7-13)24-12-14-11-22-9-5-4-8-16(22)20-14/h1-11H,12H2,(H,19,21). The maximum absolute atomic E-state index is 12.4. The number of benzene rings is 1. The predicted octanol–water partition coefficient (Wildman–Crippen LogP) is 3.08. The summed E-state index contributed by atoms with van der Waals surface area (Å²) >= 11 is 0. The number of esters is 1. The molecule has 0 radical (unpaired) electrons. The summed E-state index contributed by atoms with van der Waals surface area (Å²) in [5, 5.41) is 6.82. The number of nitrogens with one attached hydrogen (secondary N) is 1. The second kappa shape index (κ2) is 6.00. The van der Waals surface area contributed by atoms with Crippen LogP contribution in [-0.4, -0.2) is 25.6 Å². The van der Waals surface area contributed by atoms with Gasteiger partial charge in [0.05, 0.1) is 17.6 Å². The Bertz CT molecular complexity index is 955. The van der Waals surface area contributed by atoms with Crippen molar-refractivity contribution in [3.8, 4) is 11.3 Å². The molecule has 3 heterocycles. The van der Waals surface area contributed by atoms with E-state index in [1.807, 2.05) is 65.3 Å². The minimum atomic E-state index is -0.431. The van der Waals surface area contributed by atoms with Crippen LogP contribution in [0.3, 0.4) is 0 Å². The third-order valence-electron chi connectivity index (χ3n) is 3.69. The van der Waals surface area contributed by atoms with Crippen molar-refractivity contribution >= 4 is 11.6 Å². The predicted molar refractivity (Wildman–Crippen MR) is 88.3 cm³/mol. The minimum Gasteiger partial charge on any atom is -0.455 e. The van der Waals surface area contributed by atoms with Crippen molar-refractivity contribution in [2.45, 2.75) is 6.61 Å². The van der Waals surface area contributed by atoms with Gasteiger partial charge in [-0.25, -0.2) is 9.78 Å². The van der Waals surface area contributed by atoms with Gasteiger partial charge in [0, 0.05) is 18.0 Å². The zero-order chi connectivity index (χ0) is 16.4. The van der Waals surface area contributed by atoms with Crippen LogP contribution in [0, 0.1) is 0 Å². The number of aromatic amines is 1. The van der Waals surface area contributed by atoms with E-state index in [1.54, 1.807) is 0 Å². The Kier molecular flexibility index (Phi) is 3.55. The van der Waals surface area contributed by atoms with Crippen LogP contribution >= 0.6 is 0 Å². The Balaban J connectivity index is 1.52. The molecule has 0 aliphatic rings. The molecule has 3 aromatic heterocycles. The normalized spacial score (nSPS) is 10.8. The third kappa shape index (κ3) is 2.65. The van der Waals surface area contributed by atoms with Gasteiger partial charge < -0.3 is 9.14 Å². The molecule has 0 aliphatic carbocycles. The summed E-state index contributed by atoms with van der Waals surface area (Å²) < 4.78 is 7.27. The molecule has 0 atom stereocenters. The number of ether oxygens (including phenoxy) is 1. The number of H-pyrrole nitrogens is 1. The number of nitrogens with zero attached hydrogens (tertiary/aromatic N) is 3. The fourth-order valence-electron chi connectivity index (χ4n) is 2.54. The van der Waals surface area contributed by atoms with Gasteiger partial charge >= 0.3 is 5.97 Å². The molecule has 4 aromatic rings. The van der Waals surface area contributed by atoms with Crippen molar-refractivity contribution in [2.75, 3.05) is 0 Å². The van der Waals surface area contributed by atoms with Crippen molar-refractivity contribution in [2.24, 2.45) is 0 Å². The molecule has 0 spiro atoms. The number of carbonyl (C=O) groups excluding carboxylic acids is 1. The first-order valence-electron chi connectivity index (χ1n) is 7.50. The number of imidazole rings is 1. The molecule has 6 heteroatoms. The zero-order valence-electron chi connectivity index (χ0n) is 12.7. The molecule has 118 valence electrons. The first-order chi connectivity index (χ1) is 11.8. The summed E-state index contributed by atoms with van der Waals surface area (Å²) in [5.41, 5.74) is 3.45. The minimum absolute atomic E-state index is 0.111. The molecule has 1 aromatic carbocycles. The summed E-state index contributed by atoms with van der Waals surface area (Å²) in [7, 11) is 0. The summed E-state index contributed by atoms with van der Waals surface area (Å²) in [5.74, 6) is -0.431. The van der Waals surface area contributed by atoms with Crippen molar-refractivity contribution in [3.05, 3.63) is 78.4 Å². The molecule has 1 N–H and O–H groups in total. The van der Waals surface area contributed by atoms with Crippen LogP contribution in [0.2, 0.25) is 0 Å². The van der Waals surface area contributed by atoms with E-state index in [0.717, 1.165) is 11.2 Å². The average molecular weight is 318 g/mol. The number of hydrogen-bond donors (Lipinski definition) is 1. The fourth-order valence-corrected chi connectivity index (χ4v) is 2.54. The van der Waals surface area contributed by atoms with Crippen LogP contribution < -0.4 is 0 Å². The monoisotopic (exact) mass is 318 g/mol. The zero-order valence-corrected chi connectivity index (χ0v) is 12.7. The third-order valence-corrected chi connectivity index (χ3v) is 3.69. The Morgan fingerprint density at radius 2 is 1.96 bits per heavy atom. The smallest absolute Gasteiger partial charge is 0.342 e. The van der Waals surface area contributed by atoms with Gasteiger partial charge in [0.1, 0.15) is 17.8 Å². The van der Waals surface area contributed by atoms with Crippen LogP contribution in [0.1, 0.15) is 16.1 Å². The number of rotatable bonds is 4. The van der Waals surface area contributed by atoms with Gasteiger partial charge in [-0.05, 0) is 12.1 Å². The van der Waals surface area contributed by atoms with Crippen LogP contribution in [0.15, 0.2) is 67.1 Å². The van der Waals surface area contributed by atoms with E-state index in [-0.39, 0.29) is 6.61 Å². The Labute approximate surface area is 137 Å². The first-order valence-corrected chi connectivity index (χ1v) is 7.50. The number of aromatic nitrogens is 4. The highest BCUT2D eigenvalue weighted by atomic mass is 16.5. The van der Waals surface area contributed by atoms with Crippen molar-refractivity contribution in [1.82, 2.24) is 19.6 Å². The Morgan fingerprint density at radius 1 is 1.12 bits per heavy atom. The molecule has 0 bridgehead atoms. The fraction of sp³-hybridized carbons (Fsp3) is 0.0556. The molecule has 0 amide bonds. The highest BCUT2D eigenvalue weighted by Gasteiger charge is 2.17. The highest BCUT2D eigenvalue weighted by Crippen LogP contribution is 2.21. The first kappa shape index (κ1) is 14.2. The topological polar surface area (TPSA) is 72.3 Å². The molecule has 6 nitrogen and oxygen atoms in total. The van der Waals surface area contributed by atoms with E-state index in [2.05, 4.69) is 15.2 Å². The number of pyridine rings is 1. The summed E-state index contributed by atoms with van der Waals surface area (Å²) in [6.45, 7) is 0.111. The van der Waals surface area contributed by atoms with E-state index in [1.165, 1.54) is 6.20 Å². The lowest BCUT2D eigenvalue weighted by atomic mass is 10.1. The summed E-state index contributed by atoms with van der Waals surface area (Å²) in [6, 6.07) is 15.3. The lowest BCUT2D eigenvalue weighted by Crippen LogP contribution is -2.06. The maximum Gasteiger partial charge on any atom is 0.342 e. The van der Waals surface area contributed by atoms with Gasteiger partial charge in [0.2, 0.25) is 0 Å². The second-order valence-corrected chi connectivity index (χ2v) is 5.30. The van der Waals surface area contributed by atoms with E-state index in [4.69, 9.17) is 4.74 Å². The van der Waals surface area contributed by atoms with Gasteiger partial charge in [-0.1, -0.05) is 36.4 Å². The number of fused-ring (bicyclic) bond motifs is 1. The van der Waals surface area contributed by atoms with Crippen molar-refractivity contribution in [1.29, 1.82) is 0 Å². The summed E-state index contributed by atoms with van der Waals surface area (Å²) in [4.78, 5) is 16.8. The van der Waals surface area contributed by atoms with Gasteiger partial charge in [-0.15, -0.1) is 0 Å². The number of hydrogen-bond acceptors (Lipinski definition) is 4. The highest BCUT2D eigenvalue weighted by molar-refractivity contribution is 5.95. The van der Waals surface area contributed by atoms with E-state index in [0.29, 0.717) is 17.0 Å². The number of carbonyl (C=O) groups is 1. The Morgan fingerprint density at radius 3 is 2.79 bits per heavy atom. The van der Waals surface area contributed by atoms with Gasteiger partial charge in [-0.2, -0.15) is 5.10 Å². The molecule has 0 fully saturated rings. The van der Waals surface area contributed by atoms with Crippen LogP contribution in [0.25, 0.3) is 16.9 Å². The molecular weight excluding hydrogens is 304 g/mol. The van der Waals surface area contributed by atoms with E-state index >= 15 is 0 Å². The van der Waals surface area contributed by atoms with E-state index < -0.39 is 5.97 Å². The lowest BCUT2D eigenvalue weighted by molar-refractivity contribution is 0.0469. The maximum atomic E-state index is 12.4. The lowest BCUT2D eigenvalue weighted by Gasteiger charge is -2.04. The average Bonchev–Trinajstić information content (AvgIpc) is 3.27. The van der Waals surface area contributed by atoms with E-state index in [9.17, 15) is 4.79 Å². The van der Waals surface area contributed by atoms with Crippen molar-refractivity contribution in [3.63, 3.8) is 0 Å². The van der Waals surface area contributed by atoms with Crippen LogP contribution in [0.4, 0.5) is 0 Å². The van der Waals surface area contributed by atoms with Crippen molar-refractivity contribution < 1.29 is 9.53 Å². The van der Waals surface area contributed by atoms with Gasteiger partial charge in [0.15, 0.2) is 0 Å². The molecule has 0 saturated carbocycles. The molecule has 0 aliphatic heterocycles. The van der Waals surface area contributed by atoms with Gasteiger partial charge in [0.25, 0.3) is 0 Å². The molecule has 4 rings (SSSR count). The molecular formula is C18H14N4O2. The van der Waals surface area contributed by atoms with Crippen LogP contribution in [-0.2, 0) is 11.3 Å². The largest absolute Gasteiger partial charge is 0.455 e. The Hall–Kier alpha value is -3.41. The quantitative estimate of drug-likeness (QED) is 0.587. The van der Waals surface area contributed by atoms with Crippen LogP contribution in [0.5, 0.6) is 0 Å².